The summed E-state index contributed by atoms with van der Waals surface area (Å²) in [7, 11) is 1.60. The molecular formula is C20H19FN2O3. The van der Waals surface area contributed by atoms with Gasteiger partial charge in [-0.1, -0.05) is 18.2 Å². The smallest absolute Gasteiger partial charge is 0.226 e. The van der Waals surface area contributed by atoms with Crippen molar-refractivity contribution in [3.63, 3.8) is 0 Å². The molecule has 1 heterocycles. The van der Waals surface area contributed by atoms with Crippen molar-refractivity contribution in [3.05, 3.63) is 71.4 Å². The quantitative estimate of drug-likeness (QED) is 0.734. The summed E-state index contributed by atoms with van der Waals surface area (Å²) in [6.45, 7) is 1.90. The van der Waals surface area contributed by atoms with Gasteiger partial charge < -0.3 is 14.5 Å². The van der Waals surface area contributed by atoms with E-state index in [-0.39, 0.29) is 24.7 Å². The maximum Gasteiger partial charge on any atom is 0.226 e. The Bertz CT molecular complexity index is 904. The number of methoxy groups -OCH3 is 1. The van der Waals surface area contributed by atoms with E-state index < -0.39 is 0 Å². The first-order valence-electron chi connectivity index (χ1n) is 8.17. The van der Waals surface area contributed by atoms with Crippen molar-refractivity contribution in [1.29, 1.82) is 0 Å². The van der Waals surface area contributed by atoms with Crippen LogP contribution in [0.4, 0.5) is 4.39 Å². The molecule has 3 rings (SSSR count). The summed E-state index contributed by atoms with van der Waals surface area (Å²) in [5.41, 5.74) is 1.80. The van der Waals surface area contributed by atoms with Crippen molar-refractivity contribution < 1.29 is 18.3 Å². The van der Waals surface area contributed by atoms with Crippen LogP contribution in [0.15, 0.2) is 52.9 Å². The molecule has 26 heavy (non-hydrogen) atoms. The first-order chi connectivity index (χ1) is 12.6. The monoisotopic (exact) mass is 354 g/mol. The molecule has 134 valence electrons. The summed E-state index contributed by atoms with van der Waals surface area (Å²) < 4.78 is 24.4. The van der Waals surface area contributed by atoms with Crippen molar-refractivity contribution in [1.82, 2.24) is 10.3 Å². The van der Waals surface area contributed by atoms with E-state index in [1.54, 1.807) is 32.2 Å². The fourth-order valence-electron chi connectivity index (χ4n) is 2.50. The molecule has 0 aliphatic rings. The normalized spacial score (nSPS) is 10.6. The van der Waals surface area contributed by atoms with Crippen molar-refractivity contribution in [2.45, 2.75) is 19.9 Å². The van der Waals surface area contributed by atoms with Gasteiger partial charge in [0.05, 0.1) is 19.2 Å². The highest BCUT2D eigenvalue weighted by Gasteiger charge is 2.15. The second kappa shape index (κ2) is 7.82. The van der Waals surface area contributed by atoms with Crippen molar-refractivity contribution in [3.8, 4) is 17.2 Å². The zero-order valence-electron chi connectivity index (χ0n) is 14.6. The van der Waals surface area contributed by atoms with Crippen LogP contribution >= 0.6 is 0 Å². The molecule has 0 atom stereocenters. The van der Waals surface area contributed by atoms with Crippen LogP contribution in [0.3, 0.4) is 0 Å². The van der Waals surface area contributed by atoms with Crippen molar-refractivity contribution >= 4 is 5.91 Å². The van der Waals surface area contributed by atoms with Crippen LogP contribution in [0.25, 0.3) is 11.5 Å². The van der Waals surface area contributed by atoms with E-state index in [0.29, 0.717) is 22.9 Å². The molecule has 0 aliphatic heterocycles. The third-order valence-electron chi connectivity index (χ3n) is 3.99. The average molecular weight is 354 g/mol. The standard InChI is InChI=1S/C20H19FN2O3/c1-13-18(11-19(24)22-12-15-5-3-4-6-17(15)21)23-20(26-13)14-7-9-16(25-2)10-8-14/h3-10H,11-12H2,1-2H3,(H,22,24). The number of rotatable bonds is 6. The number of nitrogens with one attached hydrogen (secondary N) is 1. The summed E-state index contributed by atoms with van der Waals surface area (Å²) in [6, 6.07) is 13.7. The maximum atomic E-state index is 13.6. The Kier molecular flexibility index (Phi) is 5.31. The molecule has 0 saturated heterocycles. The molecule has 3 aromatic rings. The number of carbonyl (C=O) groups is 1. The van der Waals surface area contributed by atoms with E-state index >= 15 is 0 Å². The summed E-state index contributed by atoms with van der Waals surface area (Å²) in [5.74, 6) is 1.18. The van der Waals surface area contributed by atoms with Gasteiger partial charge in [0.15, 0.2) is 0 Å². The molecule has 5 nitrogen and oxygen atoms in total. The fraction of sp³-hybridized carbons (Fsp3) is 0.200. The van der Waals surface area contributed by atoms with Gasteiger partial charge in [0.25, 0.3) is 0 Å². The summed E-state index contributed by atoms with van der Waals surface area (Å²) in [6.07, 6.45) is 0.0694. The molecule has 1 aromatic heterocycles. The number of carbonyl (C=O) groups excluding carboxylic acids is 1. The van der Waals surface area contributed by atoms with E-state index in [0.717, 1.165) is 11.3 Å². The van der Waals surface area contributed by atoms with Gasteiger partial charge in [-0.3, -0.25) is 4.79 Å². The molecule has 1 N–H and O–H groups in total. The van der Waals surface area contributed by atoms with Gasteiger partial charge in [-0.15, -0.1) is 0 Å². The third-order valence-corrected chi connectivity index (χ3v) is 3.99. The Balaban J connectivity index is 1.65. The number of amides is 1. The Morgan fingerprint density at radius 3 is 2.62 bits per heavy atom. The van der Waals surface area contributed by atoms with Gasteiger partial charge in [0, 0.05) is 17.7 Å². The van der Waals surface area contributed by atoms with Gasteiger partial charge in [-0.2, -0.15) is 0 Å². The molecule has 0 fully saturated rings. The molecule has 0 aliphatic carbocycles. The van der Waals surface area contributed by atoms with Crippen molar-refractivity contribution in [2.24, 2.45) is 0 Å². The van der Waals surface area contributed by atoms with Crippen LogP contribution in [-0.2, 0) is 17.8 Å². The summed E-state index contributed by atoms with van der Waals surface area (Å²) in [4.78, 5) is 16.6. The Hall–Kier alpha value is -3.15. The van der Waals surface area contributed by atoms with Crippen molar-refractivity contribution in [2.75, 3.05) is 7.11 Å². The van der Waals surface area contributed by atoms with E-state index in [9.17, 15) is 9.18 Å². The minimum Gasteiger partial charge on any atom is -0.497 e. The molecule has 0 radical (unpaired) electrons. The summed E-state index contributed by atoms with van der Waals surface area (Å²) >= 11 is 0. The van der Waals surface area contributed by atoms with Crippen LogP contribution in [-0.4, -0.2) is 18.0 Å². The number of ether oxygens (including phenoxy) is 1. The van der Waals surface area contributed by atoms with Gasteiger partial charge in [0.2, 0.25) is 11.8 Å². The molecule has 6 heteroatoms. The van der Waals surface area contributed by atoms with Crippen LogP contribution in [0, 0.1) is 12.7 Å². The van der Waals surface area contributed by atoms with E-state index in [4.69, 9.17) is 9.15 Å². The Labute approximate surface area is 150 Å². The lowest BCUT2D eigenvalue weighted by molar-refractivity contribution is -0.120. The number of nitrogens with zero attached hydrogens (tertiary/aromatic N) is 1. The SMILES string of the molecule is COc1ccc(-c2nc(CC(=O)NCc3ccccc3F)c(C)o2)cc1. The number of hydrogen-bond acceptors (Lipinski definition) is 4. The largest absolute Gasteiger partial charge is 0.497 e. The molecule has 0 unspecified atom stereocenters. The van der Waals surface area contributed by atoms with Gasteiger partial charge in [-0.25, -0.2) is 9.37 Å². The van der Waals surface area contributed by atoms with Crippen LogP contribution in [0.1, 0.15) is 17.0 Å². The molecular weight excluding hydrogens is 335 g/mol. The number of hydrogen-bond donors (Lipinski definition) is 1. The average Bonchev–Trinajstić information content (AvgIpc) is 3.01. The number of oxazole rings is 1. The predicted octanol–water partition coefficient (Wildman–Crippen LogP) is 3.66. The van der Waals surface area contributed by atoms with Gasteiger partial charge >= 0.3 is 0 Å². The lowest BCUT2D eigenvalue weighted by atomic mass is 10.2. The lowest BCUT2D eigenvalue weighted by Gasteiger charge is -2.05. The molecule has 0 saturated carbocycles. The first kappa shape index (κ1) is 17.7. The molecule has 1 amide bonds. The number of benzene rings is 2. The zero-order valence-corrected chi connectivity index (χ0v) is 14.6. The minimum atomic E-state index is -0.341. The second-order valence-electron chi connectivity index (χ2n) is 5.80. The lowest BCUT2D eigenvalue weighted by Crippen LogP contribution is -2.25. The Morgan fingerprint density at radius 2 is 1.92 bits per heavy atom. The van der Waals surface area contributed by atoms with E-state index in [2.05, 4.69) is 10.3 Å². The predicted molar refractivity (Wildman–Crippen MR) is 95.2 cm³/mol. The van der Waals surface area contributed by atoms with Crippen LogP contribution < -0.4 is 10.1 Å². The molecule has 0 spiro atoms. The first-order valence-corrected chi connectivity index (χ1v) is 8.17. The van der Waals surface area contributed by atoms with E-state index in [1.165, 1.54) is 6.07 Å². The van der Waals surface area contributed by atoms with Gasteiger partial charge in [0.1, 0.15) is 17.3 Å². The highest BCUT2D eigenvalue weighted by atomic mass is 19.1. The second-order valence-corrected chi connectivity index (χ2v) is 5.80. The third kappa shape index (κ3) is 4.08. The highest BCUT2D eigenvalue weighted by molar-refractivity contribution is 5.78. The van der Waals surface area contributed by atoms with Gasteiger partial charge in [-0.05, 0) is 37.3 Å². The highest BCUT2D eigenvalue weighted by Crippen LogP contribution is 2.24. The molecule has 0 bridgehead atoms. The number of aromatic nitrogens is 1. The number of aryl methyl sites for hydroxylation is 1. The van der Waals surface area contributed by atoms with E-state index in [1.807, 2.05) is 24.3 Å². The number of halogens is 1. The fourth-order valence-corrected chi connectivity index (χ4v) is 2.50. The zero-order chi connectivity index (χ0) is 18.5. The minimum absolute atomic E-state index is 0.0694. The van der Waals surface area contributed by atoms with Crippen LogP contribution in [0.5, 0.6) is 5.75 Å². The molecule has 2 aromatic carbocycles. The Morgan fingerprint density at radius 1 is 1.19 bits per heavy atom. The van der Waals surface area contributed by atoms with Crippen LogP contribution in [0.2, 0.25) is 0 Å². The topological polar surface area (TPSA) is 64.4 Å². The summed E-state index contributed by atoms with van der Waals surface area (Å²) in [5, 5.41) is 2.70. The maximum absolute atomic E-state index is 13.6.